The first-order valence-electron chi connectivity index (χ1n) is 4.53. The predicted molar refractivity (Wildman–Crippen MR) is 50.5 cm³/mol. The van der Waals surface area contributed by atoms with Crippen LogP contribution in [0.15, 0.2) is 16.5 Å². The molecule has 2 N–H and O–H groups in total. The van der Waals surface area contributed by atoms with Crippen LogP contribution in [0, 0.1) is 0 Å². The van der Waals surface area contributed by atoms with Gasteiger partial charge >= 0.3 is 5.97 Å². The largest absolute Gasteiger partial charge is 0.481 e. The first-order valence-corrected chi connectivity index (χ1v) is 4.53. The lowest BCUT2D eigenvalue weighted by Gasteiger charge is -1.98. The molecular formula is C10H12O5. The molecule has 5 nitrogen and oxygen atoms in total. The first kappa shape index (κ1) is 11.5. The lowest BCUT2D eigenvalue weighted by atomic mass is 10.2. The summed E-state index contributed by atoms with van der Waals surface area (Å²) in [6.07, 6.45) is -1.09. The third kappa shape index (κ3) is 3.21. The Hall–Kier alpha value is -1.62. The number of aliphatic hydroxyl groups is 1. The average molecular weight is 212 g/mol. The summed E-state index contributed by atoms with van der Waals surface area (Å²) in [5.74, 6) is -1.00. The van der Waals surface area contributed by atoms with Gasteiger partial charge in [0, 0.05) is 6.42 Å². The molecule has 0 fully saturated rings. The van der Waals surface area contributed by atoms with E-state index in [-0.39, 0.29) is 24.4 Å². The highest BCUT2D eigenvalue weighted by Crippen LogP contribution is 2.17. The maximum atomic E-state index is 11.3. The van der Waals surface area contributed by atoms with Gasteiger partial charge in [0.25, 0.3) is 0 Å². The van der Waals surface area contributed by atoms with Crippen LogP contribution in [0.4, 0.5) is 0 Å². The van der Waals surface area contributed by atoms with Crippen LogP contribution in [-0.4, -0.2) is 22.0 Å². The van der Waals surface area contributed by atoms with Gasteiger partial charge in [-0.3, -0.25) is 9.59 Å². The molecule has 0 spiro atoms. The fourth-order valence-electron chi connectivity index (χ4n) is 1.07. The van der Waals surface area contributed by atoms with Crippen molar-refractivity contribution in [2.75, 3.05) is 0 Å². The number of carboxylic acid groups (broad SMARTS) is 1. The number of aliphatic carboxylic acids is 1. The highest BCUT2D eigenvalue weighted by Gasteiger charge is 2.14. The van der Waals surface area contributed by atoms with E-state index >= 15 is 0 Å². The maximum Gasteiger partial charge on any atom is 0.303 e. The zero-order valence-electron chi connectivity index (χ0n) is 8.27. The maximum absolute atomic E-state index is 11.3. The van der Waals surface area contributed by atoms with Crippen LogP contribution >= 0.6 is 0 Å². The summed E-state index contributed by atoms with van der Waals surface area (Å²) in [7, 11) is 0. The number of furan rings is 1. The van der Waals surface area contributed by atoms with E-state index in [0.29, 0.717) is 5.76 Å². The van der Waals surface area contributed by atoms with E-state index in [2.05, 4.69) is 0 Å². The van der Waals surface area contributed by atoms with E-state index in [1.165, 1.54) is 19.1 Å². The predicted octanol–water partition coefficient (Wildman–Crippen LogP) is 1.38. The number of carbonyl (C=O) groups excluding carboxylic acids is 1. The van der Waals surface area contributed by atoms with Crippen LogP contribution in [0.1, 0.15) is 42.2 Å². The molecule has 1 rings (SSSR count). The molecule has 1 unspecified atom stereocenters. The molecule has 0 aliphatic carbocycles. The van der Waals surface area contributed by atoms with Crippen molar-refractivity contribution in [1.29, 1.82) is 0 Å². The van der Waals surface area contributed by atoms with Crippen molar-refractivity contribution in [2.45, 2.75) is 25.9 Å². The number of hydrogen-bond donors (Lipinski definition) is 2. The molecule has 15 heavy (non-hydrogen) atoms. The smallest absolute Gasteiger partial charge is 0.303 e. The Morgan fingerprint density at radius 3 is 2.53 bits per heavy atom. The van der Waals surface area contributed by atoms with Gasteiger partial charge in [-0.15, -0.1) is 0 Å². The molecule has 1 aromatic heterocycles. The number of carbonyl (C=O) groups is 2. The highest BCUT2D eigenvalue weighted by atomic mass is 16.4. The van der Waals surface area contributed by atoms with Crippen LogP contribution in [0.3, 0.4) is 0 Å². The zero-order valence-corrected chi connectivity index (χ0v) is 8.27. The van der Waals surface area contributed by atoms with Gasteiger partial charge in [-0.2, -0.15) is 0 Å². The molecule has 0 bridgehead atoms. The monoisotopic (exact) mass is 212 g/mol. The molecule has 5 heteroatoms. The number of carboxylic acids is 1. The number of ketones is 1. The Morgan fingerprint density at radius 2 is 2.07 bits per heavy atom. The molecule has 1 aromatic rings. The van der Waals surface area contributed by atoms with Gasteiger partial charge < -0.3 is 14.6 Å². The van der Waals surface area contributed by atoms with Crippen molar-refractivity contribution in [3.8, 4) is 0 Å². The van der Waals surface area contributed by atoms with Crippen LogP contribution in [-0.2, 0) is 4.79 Å². The molecule has 0 amide bonds. The summed E-state index contributed by atoms with van der Waals surface area (Å²) in [4.78, 5) is 21.6. The Labute approximate surface area is 86.3 Å². The van der Waals surface area contributed by atoms with E-state index in [1.807, 2.05) is 0 Å². The number of aliphatic hydroxyl groups excluding tert-OH is 1. The minimum Gasteiger partial charge on any atom is -0.481 e. The Bertz CT molecular complexity index is 364. The first-order chi connectivity index (χ1) is 7.00. The number of Topliss-reactive ketones (excluding diaryl/α,β-unsaturated/α-hetero) is 1. The summed E-state index contributed by atoms with van der Waals surface area (Å²) in [5.41, 5.74) is 0. The number of hydrogen-bond acceptors (Lipinski definition) is 4. The fraction of sp³-hybridized carbons (Fsp3) is 0.400. The van der Waals surface area contributed by atoms with E-state index in [9.17, 15) is 9.59 Å². The second-order valence-corrected chi connectivity index (χ2v) is 3.19. The van der Waals surface area contributed by atoms with Crippen LogP contribution in [0.5, 0.6) is 0 Å². The van der Waals surface area contributed by atoms with Crippen LogP contribution in [0.25, 0.3) is 0 Å². The SMILES string of the molecule is CC(O)c1ccc(C(=O)CCC(=O)O)o1. The van der Waals surface area contributed by atoms with Crippen molar-refractivity contribution in [3.63, 3.8) is 0 Å². The van der Waals surface area contributed by atoms with E-state index in [4.69, 9.17) is 14.6 Å². The molecule has 0 saturated heterocycles. The Morgan fingerprint density at radius 1 is 1.40 bits per heavy atom. The normalized spacial score (nSPS) is 12.4. The van der Waals surface area contributed by atoms with Gasteiger partial charge in [0.05, 0.1) is 6.42 Å². The zero-order chi connectivity index (χ0) is 11.4. The Balaban J connectivity index is 2.62. The second kappa shape index (κ2) is 4.75. The standard InChI is InChI=1S/C10H12O5/c1-6(11)8-3-4-9(15-8)7(12)2-5-10(13)14/h3-4,6,11H,2,5H2,1H3,(H,13,14). The van der Waals surface area contributed by atoms with Crippen molar-refractivity contribution in [1.82, 2.24) is 0 Å². The third-order valence-corrected chi connectivity index (χ3v) is 1.88. The van der Waals surface area contributed by atoms with Gasteiger partial charge in [0.15, 0.2) is 11.5 Å². The molecule has 0 aliphatic rings. The summed E-state index contributed by atoms with van der Waals surface area (Å²) >= 11 is 0. The van der Waals surface area contributed by atoms with Crippen LogP contribution < -0.4 is 0 Å². The van der Waals surface area contributed by atoms with E-state index < -0.39 is 12.1 Å². The van der Waals surface area contributed by atoms with Gasteiger partial charge in [-0.25, -0.2) is 0 Å². The summed E-state index contributed by atoms with van der Waals surface area (Å²) in [6, 6.07) is 2.94. The molecule has 82 valence electrons. The van der Waals surface area contributed by atoms with Gasteiger partial charge in [-0.05, 0) is 19.1 Å². The van der Waals surface area contributed by atoms with E-state index in [0.717, 1.165) is 0 Å². The third-order valence-electron chi connectivity index (χ3n) is 1.88. The summed E-state index contributed by atoms with van der Waals surface area (Å²) in [5, 5.41) is 17.5. The molecule has 0 aromatic carbocycles. The molecule has 1 atom stereocenters. The minimum absolute atomic E-state index is 0.0900. The topological polar surface area (TPSA) is 87.7 Å². The van der Waals surface area contributed by atoms with Crippen molar-refractivity contribution >= 4 is 11.8 Å². The molecule has 0 radical (unpaired) electrons. The summed E-state index contributed by atoms with van der Waals surface area (Å²) < 4.78 is 5.05. The second-order valence-electron chi connectivity index (χ2n) is 3.19. The molecule has 0 aliphatic heterocycles. The van der Waals surface area contributed by atoms with Gasteiger partial charge in [-0.1, -0.05) is 0 Å². The molecule has 0 saturated carbocycles. The van der Waals surface area contributed by atoms with Gasteiger partial charge in [0.1, 0.15) is 11.9 Å². The van der Waals surface area contributed by atoms with Crippen molar-refractivity contribution < 1.29 is 24.2 Å². The Kier molecular flexibility index (Phi) is 3.62. The average Bonchev–Trinajstić information content (AvgIpc) is 2.62. The van der Waals surface area contributed by atoms with Crippen LogP contribution in [0.2, 0.25) is 0 Å². The van der Waals surface area contributed by atoms with Gasteiger partial charge in [0.2, 0.25) is 0 Å². The molecular weight excluding hydrogens is 200 g/mol. The fourth-order valence-corrected chi connectivity index (χ4v) is 1.07. The lowest BCUT2D eigenvalue weighted by molar-refractivity contribution is -0.136. The number of rotatable bonds is 5. The lowest BCUT2D eigenvalue weighted by Crippen LogP contribution is -2.02. The van der Waals surface area contributed by atoms with Crippen molar-refractivity contribution in [3.05, 3.63) is 23.7 Å². The molecule has 1 heterocycles. The van der Waals surface area contributed by atoms with Crippen molar-refractivity contribution in [2.24, 2.45) is 0 Å². The van der Waals surface area contributed by atoms with E-state index in [1.54, 1.807) is 0 Å². The highest BCUT2D eigenvalue weighted by molar-refractivity contribution is 5.95. The quantitative estimate of drug-likeness (QED) is 0.720. The summed E-state index contributed by atoms with van der Waals surface area (Å²) in [6.45, 7) is 1.52. The minimum atomic E-state index is -1.02.